The lowest BCUT2D eigenvalue weighted by molar-refractivity contribution is 0.194. The van der Waals surface area contributed by atoms with Gasteiger partial charge in [0.1, 0.15) is 6.34 Å². The van der Waals surface area contributed by atoms with E-state index in [4.69, 9.17) is 4.74 Å². The minimum Gasteiger partial charge on any atom is -0.379 e. The molecule has 0 aliphatic carbocycles. The lowest BCUT2D eigenvalue weighted by Crippen LogP contribution is -2.26. The molecule has 1 aromatic heterocycles. The highest BCUT2D eigenvalue weighted by Gasteiger charge is 2.12. The Hall–Kier alpha value is -2.15. The zero-order valence-corrected chi connectivity index (χ0v) is 13.3. The van der Waals surface area contributed by atoms with Crippen molar-refractivity contribution < 1.29 is 4.74 Å². The first-order chi connectivity index (χ1) is 10.6. The maximum absolute atomic E-state index is 5.25. The van der Waals surface area contributed by atoms with E-state index in [-0.39, 0.29) is 6.04 Å². The fourth-order valence-electron chi connectivity index (χ4n) is 1.95. The quantitative estimate of drug-likeness (QED) is 0.307. The van der Waals surface area contributed by atoms with Gasteiger partial charge in [-0.1, -0.05) is 0 Å². The van der Waals surface area contributed by atoms with Crippen molar-refractivity contribution in [3.05, 3.63) is 24.2 Å². The number of nitrogens with one attached hydrogen (secondary N) is 3. The molecule has 0 bridgehead atoms. The van der Waals surface area contributed by atoms with Gasteiger partial charge in [-0.3, -0.25) is 10.4 Å². The molecule has 1 unspecified atom stereocenters. The first-order valence-electron chi connectivity index (χ1n) is 7.52. The summed E-state index contributed by atoms with van der Waals surface area (Å²) in [6.45, 7) is 7.60. The fraction of sp³-hybridized carbons (Fsp3) is 0.533. The van der Waals surface area contributed by atoms with Crippen LogP contribution in [0.15, 0.2) is 23.5 Å². The molecule has 1 atom stereocenters. The zero-order valence-electron chi connectivity index (χ0n) is 13.3. The molecule has 22 heavy (non-hydrogen) atoms. The van der Waals surface area contributed by atoms with Crippen LogP contribution in [0.3, 0.4) is 0 Å². The zero-order chi connectivity index (χ0) is 15.8. The molecule has 1 aliphatic heterocycles. The molecule has 0 amide bonds. The van der Waals surface area contributed by atoms with E-state index in [0.717, 1.165) is 24.3 Å². The second-order valence-electron chi connectivity index (χ2n) is 5.48. The lowest BCUT2D eigenvalue weighted by Gasteiger charge is -2.09. The Morgan fingerprint density at radius 1 is 1.45 bits per heavy atom. The number of nitrogens with zero attached hydrogens (tertiary/aromatic N) is 3. The summed E-state index contributed by atoms with van der Waals surface area (Å²) in [5.41, 5.74) is 7.78. The molecule has 0 saturated carbocycles. The van der Waals surface area contributed by atoms with E-state index in [2.05, 4.69) is 45.0 Å². The van der Waals surface area contributed by atoms with Gasteiger partial charge in [0.2, 0.25) is 5.95 Å². The summed E-state index contributed by atoms with van der Waals surface area (Å²) in [5.74, 6) is 0.635. The van der Waals surface area contributed by atoms with Gasteiger partial charge in [0.15, 0.2) is 0 Å². The van der Waals surface area contributed by atoms with Gasteiger partial charge in [-0.15, -0.1) is 0 Å². The van der Waals surface area contributed by atoms with Crippen LogP contribution in [0, 0.1) is 0 Å². The molecule has 7 nitrogen and oxygen atoms in total. The SMILES string of the molecule is C/C(=C\NNC=NC1CCOC1)c1ccnc(NC(C)C)n1. The van der Waals surface area contributed by atoms with Crippen LogP contribution < -0.4 is 16.2 Å². The van der Waals surface area contributed by atoms with Crippen LogP contribution >= 0.6 is 0 Å². The summed E-state index contributed by atoms with van der Waals surface area (Å²) < 4.78 is 5.25. The van der Waals surface area contributed by atoms with E-state index < -0.39 is 0 Å². The first-order valence-corrected chi connectivity index (χ1v) is 7.52. The normalized spacial score (nSPS) is 18.9. The van der Waals surface area contributed by atoms with Crippen molar-refractivity contribution >= 4 is 17.9 Å². The molecule has 0 spiro atoms. The highest BCUT2D eigenvalue weighted by molar-refractivity contribution is 5.61. The smallest absolute Gasteiger partial charge is 0.223 e. The summed E-state index contributed by atoms with van der Waals surface area (Å²) in [6.07, 6.45) is 6.24. The topological polar surface area (TPSA) is 83.5 Å². The minimum absolute atomic E-state index is 0.269. The summed E-state index contributed by atoms with van der Waals surface area (Å²) in [5, 5.41) is 3.19. The summed E-state index contributed by atoms with van der Waals surface area (Å²) in [6, 6.07) is 2.45. The maximum atomic E-state index is 5.25. The molecule has 1 aliphatic rings. The number of aromatic nitrogens is 2. The predicted octanol–water partition coefficient (Wildman–Crippen LogP) is 1.57. The van der Waals surface area contributed by atoms with Crippen LogP contribution in [-0.2, 0) is 4.74 Å². The highest BCUT2D eigenvalue weighted by atomic mass is 16.5. The Labute approximate surface area is 131 Å². The number of allylic oxidation sites excluding steroid dienone is 1. The van der Waals surface area contributed by atoms with Crippen molar-refractivity contribution in [3.8, 4) is 0 Å². The first kappa shape index (κ1) is 16.2. The van der Waals surface area contributed by atoms with Crippen LogP contribution in [0.25, 0.3) is 5.57 Å². The number of hydrazine groups is 1. The van der Waals surface area contributed by atoms with Crippen molar-refractivity contribution in [1.82, 2.24) is 20.8 Å². The minimum atomic E-state index is 0.269. The average Bonchev–Trinajstić information content (AvgIpc) is 2.99. The molecule has 2 rings (SSSR count). The average molecular weight is 304 g/mol. The van der Waals surface area contributed by atoms with E-state index in [1.807, 2.05) is 19.2 Å². The van der Waals surface area contributed by atoms with Gasteiger partial charge in [0.25, 0.3) is 0 Å². The molecule has 3 N–H and O–H groups in total. The molecule has 1 aromatic rings. The molecular formula is C15H24N6O. The van der Waals surface area contributed by atoms with Crippen LogP contribution in [0.5, 0.6) is 0 Å². The van der Waals surface area contributed by atoms with E-state index in [0.29, 0.717) is 18.6 Å². The van der Waals surface area contributed by atoms with Crippen molar-refractivity contribution in [2.75, 3.05) is 18.5 Å². The number of hydrogen-bond acceptors (Lipinski definition) is 6. The van der Waals surface area contributed by atoms with E-state index in [1.54, 1.807) is 12.5 Å². The third-order valence-electron chi connectivity index (χ3n) is 3.10. The Bertz CT molecular complexity index is 523. The highest BCUT2D eigenvalue weighted by Crippen LogP contribution is 2.11. The molecule has 7 heteroatoms. The third-order valence-corrected chi connectivity index (χ3v) is 3.10. The number of aliphatic imine (C=N–C) groups is 1. The third kappa shape index (κ3) is 5.33. The Balaban J connectivity index is 1.83. The molecule has 2 heterocycles. The van der Waals surface area contributed by atoms with Crippen molar-refractivity contribution in [2.24, 2.45) is 4.99 Å². The number of anilines is 1. The van der Waals surface area contributed by atoms with Crippen molar-refractivity contribution in [2.45, 2.75) is 39.3 Å². The van der Waals surface area contributed by atoms with E-state index in [9.17, 15) is 0 Å². The molecule has 120 valence electrons. The Kier molecular flexibility index (Phi) is 6.14. The van der Waals surface area contributed by atoms with Crippen LogP contribution in [0.2, 0.25) is 0 Å². The van der Waals surface area contributed by atoms with Crippen LogP contribution in [-0.4, -0.2) is 41.6 Å². The van der Waals surface area contributed by atoms with Crippen molar-refractivity contribution in [3.63, 3.8) is 0 Å². The Morgan fingerprint density at radius 3 is 3.05 bits per heavy atom. The van der Waals surface area contributed by atoms with Gasteiger partial charge >= 0.3 is 0 Å². The second kappa shape index (κ2) is 8.33. The number of ether oxygens (including phenoxy) is 1. The van der Waals surface area contributed by atoms with Gasteiger partial charge in [-0.2, -0.15) is 0 Å². The molecular weight excluding hydrogens is 280 g/mol. The van der Waals surface area contributed by atoms with Gasteiger partial charge < -0.3 is 15.5 Å². The summed E-state index contributed by atoms with van der Waals surface area (Å²) in [7, 11) is 0. The molecule has 0 aromatic carbocycles. The van der Waals surface area contributed by atoms with Crippen LogP contribution in [0.4, 0.5) is 5.95 Å². The number of rotatable bonds is 7. The van der Waals surface area contributed by atoms with Gasteiger partial charge in [-0.25, -0.2) is 9.97 Å². The van der Waals surface area contributed by atoms with Gasteiger partial charge in [0.05, 0.1) is 18.3 Å². The second-order valence-corrected chi connectivity index (χ2v) is 5.48. The summed E-state index contributed by atoms with van der Waals surface area (Å²) in [4.78, 5) is 13.0. The predicted molar refractivity (Wildman–Crippen MR) is 88.4 cm³/mol. The fourth-order valence-corrected chi connectivity index (χ4v) is 1.95. The Morgan fingerprint density at radius 2 is 2.32 bits per heavy atom. The van der Waals surface area contributed by atoms with E-state index >= 15 is 0 Å². The van der Waals surface area contributed by atoms with Crippen molar-refractivity contribution in [1.29, 1.82) is 0 Å². The monoisotopic (exact) mass is 304 g/mol. The molecule has 1 saturated heterocycles. The van der Waals surface area contributed by atoms with Gasteiger partial charge in [0, 0.05) is 25.0 Å². The maximum Gasteiger partial charge on any atom is 0.223 e. The largest absolute Gasteiger partial charge is 0.379 e. The standard InChI is InChI=1S/C15H24N6O/c1-11(2)20-15-16-6-4-14(21-15)12(3)8-18-19-10-17-13-5-7-22-9-13/h4,6,8,10-11,13,18H,5,7,9H2,1-3H3,(H,17,19)(H,16,20,21)/b12-8+. The molecule has 1 fully saturated rings. The van der Waals surface area contributed by atoms with Crippen LogP contribution in [0.1, 0.15) is 32.9 Å². The van der Waals surface area contributed by atoms with E-state index in [1.165, 1.54) is 0 Å². The summed E-state index contributed by atoms with van der Waals surface area (Å²) >= 11 is 0. The number of hydrogen-bond donors (Lipinski definition) is 3. The molecule has 0 radical (unpaired) electrons. The lowest BCUT2D eigenvalue weighted by atomic mass is 10.2. The van der Waals surface area contributed by atoms with Gasteiger partial charge in [-0.05, 0) is 38.8 Å².